The molecule has 0 aliphatic heterocycles. The van der Waals surface area contributed by atoms with Gasteiger partial charge in [-0.05, 0) is 19.1 Å². The Morgan fingerprint density at radius 1 is 1.50 bits per heavy atom. The zero-order valence-corrected chi connectivity index (χ0v) is 8.15. The summed E-state index contributed by atoms with van der Waals surface area (Å²) in [4.78, 5) is 10.6. The third kappa shape index (κ3) is 2.70. The molecule has 0 aliphatic carbocycles. The molecule has 1 rings (SSSR count). The molecule has 0 fully saturated rings. The van der Waals surface area contributed by atoms with Crippen molar-refractivity contribution in [3.63, 3.8) is 0 Å². The van der Waals surface area contributed by atoms with E-state index in [0.717, 1.165) is 23.9 Å². The molecule has 1 N–H and O–H groups in total. The van der Waals surface area contributed by atoms with Crippen molar-refractivity contribution in [2.75, 3.05) is 0 Å². The van der Waals surface area contributed by atoms with E-state index < -0.39 is 22.9 Å². The van der Waals surface area contributed by atoms with Gasteiger partial charge in [-0.25, -0.2) is 8.78 Å². The largest absolute Gasteiger partial charge is 0.480 e. The van der Waals surface area contributed by atoms with Gasteiger partial charge in [0.2, 0.25) is 0 Å². The molecule has 76 valence electrons. The maximum absolute atomic E-state index is 13.0. The van der Waals surface area contributed by atoms with Gasteiger partial charge in [-0.2, -0.15) is 0 Å². The lowest BCUT2D eigenvalue weighted by Crippen LogP contribution is -2.11. The first-order valence-corrected chi connectivity index (χ1v) is 4.73. The molecule has 1 unspecified atom stereocenters. The Kier molecular flexibility index (Phi) is 3.46. The summed E-state index contributed by atoms with van der Waals surface area (Å²) in [6, 6.07) is 3.06. The molecule has 1 aromatic rings. The molecular formula is C9H8F2O2S. The van der Waals surface area contributed by atoms with Gasteiger partial charge in [0.15, 0.2) is 0 Å². The summed E-state index contributed by atoms with van der Waals surface area (Å²) in [6.07, 6.45) is 0. The Bertz CT molecular complexity index is 355. The minimum absolute atomic E-state index is 0.140. The van der Waals surface area contributed by atoms with E-state index in [-0.39, 0.29) is 4.90 Å². The van der Waals surface area contributed by atoms with Crippen LogP contribution in [0.25, 0.3) is 0 Å². The van der Waals surface area contributed by atoms with Gasteiger partial charge in [-0.15, -0.1) is 11.8 Å². The molecule has 0 amide bonds. The predicted molar refractivity (Wildman–Crippen MR) is 49.3 cm³/mol. The number of rotatable bonds is 3. The van der Waals surface area contributed by atoms with E-state index in [1.54, 1.807) is 0 Å². The smallest absolute Gasteiger partial charge is 0.316 e. The highest BCUT2D eigenvalue weighted by Gasteiger charge is 2.15. The average Bonchev–Trinajstić information content (AvgIpc) is 2.09. The number of aliphatic carboxylic acids is 1. The van der Waals surface area contributed by atoms with Gasteiger partial charge >= 0.3 is 5.97 Å². The standard InChI is InChI=1S/C9H8F2O2S/c1-5(9(12)13)14-8-3-2-6(10)4-7(8)11/h2-5H,1H3,(H,12,13). The van der Waals surface area contributed by atoms with Crippen LogP contribution in [-0.4, -0.2) is 16.3 Å². The number of benzene rings is 1. The summed E-state index contributed by atoms with van der Waals surface area (Å²) in [5.74, 6) is -2.43. The lowest BCUT2D eigenvalue weighted by Gasteiger charge is -2.06. The first kappa shape index (κ1) is 11.0. The van der Waals surface area contributed by atoms with Crippen LogP contribution in [0, 0.1) is 11.6 Å². The lowest BCUT2D eigenvalue weighted by molar-refractivity contribution is -0.136. The fourth-order valence-electron chi connectivity index (χ4n) is 0.812. The van der Waals surface area contributed by atoms with Crippen LogP contribution in [0.5, 0.6) is 0 Å². The van der Waals surface area contributed by atoms with Crippen LogP contribution >= 0.6 is 11.8 Å². The van der Waals surface area contributed by atoms with E-state index in [1.165, 1.54) is 13.0 Å². The zero-order valence-electron chi connectivity index (χ0n) is 7.33. The Morgan fingerprint density at radius 2 is 2.14 bits per heavy atom. The second kappa shape index (κ2) is 4.41. The number of carboxylic acids is 1. The monoisotopic (exact) mass is 218 g/mol. The van der Waals surface area contributed by atoms with E-state index in [1.807, 2.05) is 0 Å². The molecule has 0 saturated carbocycles. The summed E-state index contributed by atoms with van der Waals surface area (Å²) >= 11 is 0.846. The minimum atomic E-state index is -1.03. The Labute approximate surface area is 83.9 Å². The Balaban J connectivity index is 2.82. The molecule has 5 heteroatoms. The Hall–Kier alpha value is -1.10. The van der Waals surface area contributed by atoms with E-state index in [9.17, 15) is 13.6 Å². The maximum Gasteiger partial charge on any atom is 0.316 e. The summed E-state index contributed by atoms with van der Waals surface area (Å²) in [7, 11) is 0. The van der Waals surface area contributed by atoms with Crippen LogP contribution in [0.4, 0.5) is 8.78 Å². The van der Waals surface area contributed by atoms with Gasteiger partial charge in [0, 0.05) is 11.0 Å². The van der Waals surface area contributed by atoms with Crippen LogP contribution in [0.3, 0.4) is 0 Å². The van der Waals surface area contributed by atoms with Gasteiger partial charge in [0.25, 0.3) is 0 Å². The zero-order chi connectivity index (χ0) is 10.7. The maximum atomic E-state index is 13.0. The highest BCUT2D eigenvalue weighted by Crippen LogP contribution is 2.26. The number of halogens is 2. The van der Waals surface area contributed by atoms with Crippen LogP contribution < -0.4 is 0 Å². The van der Waals surface area contributed by atoms with Crippen molar-refractivity contribution in [3.05, 3.63) is 29.8 Å². The summed E-state index contributed by atoms with van der Waals surface area (Å²) in [5, 5.41) is 7.82. The average molecular weight is 218 g/mol. The van der Waals surface area contributed by atoms with E-state index in [0.29, 0.717) is 0 Å². The fourth-order valence-corrected chi connectivity index (χ4v) is 1.61. The van der Waals surface area contributed by atoms with Gasteiger partial charge < -0.3 is 5.11 Å². The first-order chi connectivity index (χ1) is 6.50. The number of thioether (sulfide) groups is 1. The van der Waals surface area contributed by atoms with Gasteiger partial charge in [-0.1, -0.05) is 0 Å². The Morgan fingerprint density at radius 3 is 2.64 bits per heavy atom. The van der Waals surface area contributed by atoms with Gasteiger partial charge in [-0.3, -0.25) is 4.79 Å². The molecule has 0 bridgehead atoms. The summed E-state index contributed by atoms with van der Waals surface area (Å²) < 4.78 is 25.5. The van der Waals surface area contributed by atoms with E-state index in [2.05, 4.69) is 0 Å². The second-order valence-electron chi connectivity index (χ2n) is 2.67. The highest BCUT2D eigenvalue weighted by atomic mass is 32.2. The summed E-state index contributed by atoms with van der Waals surface area (Å²) in [5.41, 5.74) is 0. The lowest BCUT2D eigenvalue weighted by atomic mass is 10.3. The van der Waals surface area contributed by atoms with Crippen molar-refractivity contribution < 1.29 is 18.7 Å². The molecule has 0 aromatic heterocycles. The normalized spacial score (nSPS) is 12.5. The highest BCUT2D eigenvalue weighted by molar-refractivity contribution is 8.00. The molecule has 0 heterocycles. The second-order valence-corrected chi connectivity index (χ2v) is 4.06. The number of hydrogen-bond donors (Lipinski definition) is 1. The van der Waals surface area contributed by atoms with E-state index >= 15 is 0 Å². The number of hydrogen-bond acceptors (Lipinski definition) is 2. The SMILES string of the molecule is CC(Sc1ccc(F)cc1F)C(=O)O. The molecule has 0 radical (unpaired) electrons. The van der Waals surface area contributed by atoms with Crippen LogP contribution in [0.2, 0.25) is 0 Å². The predicted octanol–water partition coefficient (Wildman–Crippen LogP) is 2.53. The topological polar surface area (TPSA) is 37.3 Å². The van der Waals surface area contributed by atoms with Crippen LogP contribution in [-0.2, 0) is 4.79 Å². The van der Waals surface area contributed by atoms with E-state index in [4.69, 9.17) is 5.11 Å². The molecule has 1 aromatic carbocycles. The van der Waals surface area contributed by atoms with Crippen molar-refractivity contribution in [1.29, 1.82) is 0 Å². The van der Waals surface area contributed by atoms with Gasteiger partial charge in [0.1, 0.15) is 16.9 Å². The molecule has 2 nitrogen and oxygen atoms in total. The van der Waals surface area contributed by atoms with Crippen molar-refractivity contribution in [1.82, 2.24) is 0 Å². The van der Waals surface area contributed by atoms with Crippen molar-refractivity contribution in [2.45, 2.75) is 17.1 Å². The fraction of sp³-hybridized carbons (Fsp3) is 0.222. The minimum Gasteiger partial charge on any atom is -0.480 e. The number of carbonyl (C=O) groups is 1. The van der Waals surface area contributed by atoms with Crippen molar-refractivity contribution >= 4 is 17.7 Å². The first-order valence-electron chi connectivity index (χ1n) is 3.85. The molecule has 1 atom stereocenters. The molecule has 0 spiro atoms. The molecule has 14 heavy (non-hydrogen) atoms. The molecule has 0 saturated heterocycles. The van der Waals surface area contributed by atoms with Crippen LogP contribution in [0.1, 0.15) is 6.92 Å². The third-order valence-electron chi connectivity index (χ3n) is 1.55. The number of carboxylic acid groups (broad SMARTS) is 1. The third-order valence-corrected chi connectivity index (χ3v) is 2.69. The quantitative estimate of drug-likeness (QED) is 0.792. The summed E-state index contributed by atoms with van der Waals surface area (Å²) in [6.45, 7) is 1.44. The molecular weight excluding hydrogens is 210 g/mol. The van der Waals surface area contributed by atoms with Crippen molar-refractivity contribution in [3.8, 4) is 0 Å². The van der Waals surface area contributed by atoms with Crippen molar-refractivity contribution in [2.24, 2.45) is 0 Å². The molecule has 0 aliphatic rings. The van der Waals surface area contributed by atoms with Crippen LogP contribution in [0.15, 0.2) is 23.1 Å². The van der Waals surface area contributed by atoms with Gasteiger partial charge in [0.05, 0.1) is 0 Å².